The van der Waals surface area contributed by atoms with E-state index in [1.807, 2.05) is 30.9 Å². The van der Waals surface area contributed by atoms with Crippen molar-refractivity contribution in [3.63, 3.8) is 0 Å². The number of hydrogen-bond donors (Lipinski definition) is 0. The molecule has 2 heterocycles. The summed E-state index contributed by atoms with van der Waals surface area (Å²) in [7, 11) is 0. The Kier molecular flexibility index (Phi) is 5.56. The van der Waals surface area contributed by atoms with Crippen molar-refractivity contribution in [2.75, 3.05) is 13.1 Å². The molecule has 4 nitrogen and oxygen atoms in total. The average molecular weight is 415 g/mol. The van der Waals surface area contributed by atoms with Crippen LogP contribution in [0.4, 0.5) is 0 Å². The molecule has 1 amide bonds. The van der Waals surface area contributed by atoms with E-state index in [9.17, 15) is 4.79 Å². The molecule has 4 rings (SSSR count). The van der Waals surface area contributed by atoms with Crippen molar-refractivity contribution < 1.29 is 9.53 Å². The highest BCUT2D eigenvalue weighted by Crippen LogP contribution is 2.34. The van der Waals surface area contributed by atoms with Gasteiger partial charge in [-0.1, -0.05) is 23.7 Å². The average Bonchev–Trinajstić information content (AvgIpc) is 3.14. The summed E-state index contributed by atoms with van der Waals surface area (Å²) in [5.41, 5.74) is 2.01. The molecule has 1 aliphatic heterocycles. The lowest BCUT2D eigenvalue weighted by molar-refractivity contribution is -0.139. The van der Waals surface area contributed by atoms with Gasteiger partial charge < -0.3 is 9.64 Å². The number of amides is 1. The number of nitrogens with zero attached hydrogens (tertiary/aromatic N) is 2. The fraction of sp³-hybridized carbons (Fsp3) is 0.364. The monoisotopic (exact) mass is 414 g/mol. The number of aryl methyl sites for hydroxylation is 1. The van der Waals surface area contributed by atoms with Crippen LogP contribution >= 0.6 is 22.9 Å². The summed E-state index contributed by atoms with van der Waals surface area (Å²) in [5, 5.41) is 1.89. The molecule has 0 spiro atoms. The van der Waals surface area contributed by atoms with Crippen LogP contribution in [-0.2, 0) is 4.79 Å². The smallest absolute Gasteiger partial charge is 0.263 e. The standard InChI is InChI=1S/C22H23ClN2O2S/c1-14-13-17(7-8-18(14)23)27-15(2)22(26)25-11-9-16(10-12-25)21-24-19-5-3-4-6-20(19)28-21/h3-8,13,15-16H,9-12H2,1-2H3/t15-/m0/s1. The van der Waals surface area contributed by atoms with Crippen LogP contribution in [0.2, 0.25) is 5.02 Å². The second-order valence-electron chi connectivity index (χ2n) is 7.29. The van der Waals surface area contributed by atoms with Crippen molar-refractivity contribution in [2.45, 2.75) is 38.7 Å². The maximum atomic E-state index is 12.8. The summed E-state index contributed by atoms with van der Waals surface area (Å²) in [6.45, 7) is 5.22. The molecule has 0 N–H and O–H groups in total. The zero-order valence-electron chi connectivity index (χ0n) is 16.0. The van der Waals surface area contributed by atoms with E-state index in [1.54, 1.807) is 23.5 Å². The number of hydrogen-bond acceptors (Lipinski definition) is 4. The van der Waals surface area contributed by atoms with Crippen molar-refractivity contribution in [3.05, 3.63) is 58.1 Å². The Hall–Kier alpha value is -2.11. The molecule has 0 radical (unpaired) electrons. The first-order valence-corrected chi connectivity index (χ1v) is 10.8. The summed E-state index contributed by atoms with van der Waals surface area (Å²) in [6, 6.07) is 13.7. The zero-order chi connectivity index (χ0) is 19.7. The largest absolute Gasteiger partial charge is 0.481 e. The van der Waals surface area contributed by atoms with Crippen LogP contribution < -0.4 is 4.74 Å². The quantitative estimate of drug-likeness (QED) is 0.571. The molecule has 0 aliphatic carbocycles. The maximum absolute atomic E-state index is 12.8. The number of ether oxygens (including phenoxy) is 1. The third-order valence-electron chi connectivity index (χ3n) is 5.26. The Bertz CT molecular complexity index is 962. The number of thiazole rings is 1. The number of likely N-dealkylation sites (tertiary alicyclic amines) is 1. The van der Waals surface area contributed by atoms with E-state index in [1.165, 1.54) is 9.71 Å². The van der Waals surface area contributed by atoms with Gasteiger partial charge in [0.05, 0.1) is 15.2 Å². The number of fused-ring (bicyclic) bond motifs is 1. The maximum Gasteiger partial charge on any atom is 0.263 e. The first kappa shape index (κ1) is 19.2. The van der Waals surface area contributed by atoms with Crippen molar-refractivity contribution >= 4 is 39.1 Å². The number of para-hydroxylation sites is 1. The molecular weight excluding hydrogens is 392 g/mol. The third-order valence-corrected chi connectivity index (χ3v) is 6.88. The molecular formula is C22H23ClN2O2S. The van der Waals surface area contributed by atoms with Gasteiger partial charge >= 0.3 is 0 Å². The van der Waals surface area contributed by atoms with E-state index in [2.05, 4.69) is 18.2 Å². The van der Waals surface area contributed by atoms with Crippen LogP contribution in [0.15, 0.2) is 42.5 Å². The highest BCUT2D eigenvalue weighted by Gasteiger charge is 2.29. The Balaban J connectivity index is 1.35. The fourth-order valence-electron chi connectivity index (χ4n) is 3.61. The molecule has 1 aliphatic rings. The van der Waals surface area contributed by atoms with Crippen molar-refractivity contribution in [2.24, 2.45) is 0 Å². The first-order valence-electron chi connectivity index (χ1n) is 9.58. The highest BCUT2D eigenvalue weighted by atomic mass is 35.5. The van der Waals surface area contributed by atoms with Gasteiger partial charge in [-0.25, -0.2) is 4.98 Å². The molecule has 0 saturated carbocycles. The fourth-order valence-corrected chi connectivity index (χ4v) is 4.87. The molecule has 146 valence electrons. The van der Waals surface area contributed by atoms with Gasteiger partial charge in [-0.3, -0.25) is 4.79 Å². The van der Waals surface area contributed by atoms with E-state index >= 15 is 0 Å². The van der Waals surface area contributed by atoms with E-state index in [0.717, 1.165) is 37.0 Å². The Labute approximate surface area is 174 Å². The van der Waals surface area contributed by atoms with Crippen LogP contribution in [0.5, 0.6) is 5.75 Å². The molecule has 2 aromatic carbocycles. The molecule has 1 aromatic heterocycles. The van der Waals surface area contributed by atoms with E-state index < -0.39 is 6.10 Å². The third kappa shape index (κ3) is 4.01. The molecule has 1 atom stereocenters. The Morgan fingerprint density at radius 3 is 2.71 bits per heavy atom. The first-order chi connectivity index (χ1) is 13.5. The minimum absolute atomic E-state index is 0.0374. The minimum atomic E-state index is -0.514. The molecule has 0 bridgehead atoms. The normalized spacial score (nSPS) is 16.3. The number of benzene rings is 2. The number of aromatic nitrogens is 1. The number of piperidine rings is 1. The number of carbonyl (C=O) groups excluding carboxylic acids is 1. The van der Waals surface area contributed by atoms with E-state index in [4.69, 9.17) is 21.3 Å². The summed E-state index contributed by atoms with van der Waals surface area (Å²) >= 11 is 7.83. The van der Waals surface area contributed by atoms with E-state index in [0.29, 0.717) is 16.7 Å². The molecule has 1 fully saturated rings. The predicted octanol–water partition coefficient (Wildman–Crippen LogP) is 5.43. The number of rotatable bonds is 4. The lowest BCUT2D eigenvalue weighted by Crippen LogP contribution is -2.44. The van der Waals surface area contributed by atoms with Gasteiger partial charge in [0.25, 0.3) is 5.91 Å². The lowest BCUT2D eigenvalue weighted by Gasteiger charge is -2.32. The summed E-state index contributed by atoms with van der Waals surface area (Å²) in [5.74, 6) is 1.14. The van der Waals surface area contributed by atoms with Gasteiger partial charge in [0.1, 0.15) is 5.75 Å². The van der Waals surface area contributed by atoms with Gasteiger partial charge in [-0.15, -0.1) is 11.3 Å². The van der Waals surface area contributed by atoms with Crippen LogP contribution in [0.1, 0.15) is 36.3 Å². The van der Waals surface area contributed by atoms with Crippen LogP contribution in [-0.4, -0.2) is 35.0 Å². The second-order valence-corrected chi connectivity index (χ2v) is 8.76. The van der Waals surface area contributed by atoms with Gasteiger partial charge in [0.15, 0.2) is 6.10 Å². The van der Waals surface area contributed by atoms with Gasteiger partial charge in [-0.05, 0) is 62.6 Å². The molecule has 0 unspecified atom stereocenters. The summed E-state index contributed by atoms with van der Waals surface area (Å²) in [4.78, 5) is 19.5. The van der Waals surface area contributed by atoms with Crippen molar-refractivity contribution in [1.29, 1.82) is 0 Å². The number of carbonyl (C=O) groups is 1. The topological polar surface area (TPSA) is 42.4 Å². The Morgan fingerprint density at radius 1 is 1.25 bits per heavy atom. The van der Waals surface area contributed by atoms with Crippen LogP contribution in [0, 0.1) is 6.92 Å². The van der Waals surface area contributed by atoms with Gasteiger partial charge in [0.2, 0.25) is 0 Å². The number of halogens is 1. The zero-order valence-corrected chi connectivity index (χ0v) is 17.6. The van der Waals surface area contributed by atoms with E-state index in [-0.39, 0.29) is 5.91 Å². The van der Waals surface area contributed by atoms with Crippen molar-refractivity contribution in [1.82, 2.24) is 9.88 Å². The molecule has 3 aromatic rings. The minimum Gasteiger partial charge on any atom is -0.481 e. The summed E-state index contributed by atoms with van der Waals surface area (Å²) in [6.07, 6.45) is 1.37. The lowest BCUT2D eigenvalue weighted by atomic mass is 9.97. The Morgan fingerprint density at radius 2 is 2.00 bits per heavy atom. The van der Waals surface area contributed by atoms with Gasteiger partial charge in [-0.2, -0.15) is 0 Å². The van der Waals surface area contributed by atoms with Crippen LogP contribution in [0.25, 0.3) is 10.2 Å². The molecule has 1 saturated heterocycles. The SMILES string of the molecule is Cc1cc(O[C@@H](C)C(=O)N2CCC(c3nc4ccccc4s3)CC2)ccc1Cl. The van der Waals surface area contributed by atoms with Crippen molar-refractivity contribution in [3.8, 4) is 5.75 Å². The summed E-state index contributed by atoms with van der Waals surface area (Å²) < 4.78 is 7.09. The van der Waals surface area contributed by atoms with Crippen LogP contribution in [0.3, 0.4) is 0 Å². The van der Waals surface area contributed by atoms with Gasteiger partial charge in [0, 0.05) is 24.0 Å². The second kappa shape index (κ2) is 8.10. The molecule has 28 heavy (non-hydrogen) atoms. The highest BCUT2D eigenvalue weighted by molar-refractivity contribution is 7.18. The predicted molar refractivity (Wildman–Crippen MR) is 114 cm³/mol. The molecule has 6 heteroatoms.